The quantitative estimate of drug-likeness (QED) is 0.279. The van der Waals surface area contributed by atoms with Gasteiger partial charge in [-0.15, -0.1) is 0 Å². The molecule has 1 saturated heterocycles. The average molecular weight is 626 g/mol. The van der Waals surface area contributed by atoms with Gasteiger partial charge in [-0.25, -0.2) is 13.2 Å². The lowest BCUT2D eigenvalue weighted by molar-refractivity contribution is -0.136. The largest absolute Gasteiger partial charge is 0.481 e. The second kappa shape index (κ2) is 13.5. The van der Waals surface area contributed by atoms with Crippen molar-refractivity contribution in [2.45, 2.75) is 92.8 Å². The molecule has 45 heavy (non-hydrogen) atoms. The van der Waals surface area contributed by atoms with Crippen LogP contribution in [-0.4, -0.2) is 51.3 Å². The third kappa shape index (κ3) is 8.85. The van der Waals surface area contributed by atoms with Crippen molar-refractivity contribution in [2.24, 2.45) is 5.41 Å². The molecule has 0 saturated carbocycles. The van der Waals surface area contributed by atoms with Crippen molar-refractivity contribution in [2.75, 3.05) is 24.5 Å². The summed E-state index contributed by atoms with van der Waals surface area (Å²) in [6.45, 7) is 16.6. The number of fused-ring (bicyclic) bond motifs is 1. The summed E-state index contributed by atoms with van der Waals surface area (Å²) in [6.07, 6.45) is 2.67. The summed E-state index contributed by atoms with van der Waals surface area (Å²) < 4.78 is 41.7. The normalized spacial score (nSPS) is 16.6. The highest BCUT2D eigenvalue weighted by Crippen LogP contribution is 2.42. The van der Waals surface area contributed by atoms with Gasteiger partial charge in [0.05, 0.1) is 17.7 Å². The second-order valence-corrected chi connectivity index (χ2v) is 14.2. The number of rotatable bonds is 6. The van der Waals surface area contributed by atoms with E-state index in [0.717, 1.165) is 76.9 Å². The van der Waals surface area contributed by atoms with E-state index in [2.05, 4.69) is 30.9 Å². The van der Waals surface area contributed by atoms with Gasteiger partial charge in [-0.1, -0.05) is 32.0 Å². The van der Waals surface area contributed by atoms with Gasteiger partial charge in [0.2, 0.25) is 0 Å². The third-order valence-corrected chi connectivity index (χ3v) is 8.47. The van der Waals surface area contributed by atoms with Gasteiger partial charge < -0.3 is 15.1 Å². The van der Waals surface area contributed by atoms with Crippen molar-refractivity contribution in [1.82, 2.24) is 9.88 Å². The summed E-state index contributed by atoms with van der Waals surface area (Å²) in [4.78, 5) is 21.0. The fourth-order valence-corrected chi connectivity index (χ4v) is 6.13. The highest BCUT2D eigenvalue weighted by Gasteiger charge is 2.30. The van der Waals surface area contributed by atoms with Gasteiger partial charge in [-0.2, -0.15) is 0 Å². The Morgan fingerprint density at radius 2 is 1.62 bits per heavy atom. The zero-order valence-corrected chi connectivity index (χ0v) is 27.5. The number of aliphatic carboxylic acids is 1. The van der Waals surface area contributed by atoms with Crippen LogP contribution in [0.2, 0.25) is 0 Å². The first kappa shape index (κ1) is 34.4. The van der Waals surface area contributed by atoms with Gasteiger partial charge in [0.25, 0.3) is 0 Å². The molecule has 6 nitrogen and oxygen atoms in total. The van der Waals surface area contributed by atoms with Crippen LogP contribution in [0.5, 0.6) is 0 Å². The zero-order chi connectivity index (χ0) is 33.3. The van der Waals surface area contributed by atoms with Crippen molar-refractivity contribution in [3.8, 4) is 11.1 Å². The average Bonchev–Trinajstić information content (AvgIpc) is 2.91. The standard InChI is InChI=1S/C32H36F3N3O2.C4H10O/c1-19-26(16-28(39)40)31(38-11-8-32(3,4)9-12-38)29(20(2)36-19)22-5-6-23-17-37(10-7-21(23)13-22)18-24-14-25(33)15-27(34)30(24)35;1-4(2,3)5/h5-6,13-15H,7-12,16-18H2,1-4H3,(H,39,40);5H,1-3H3. The fourth-order valence-electron chi connectivity index (χ4n) is 6.13. The highest BCUT2D eigenvalue weighted by atomic mass is 19.2. The van der Waals surface area contributed by atoms with E-state index in [1.165, 1.54) is 0 Å². The van der Waals surface area contributed by atoms with Crippen molar-refractivity contribution in [3.63, 3.8) is 0 Å². The number of nitrogens with zero attached hydrogens (tertiary/aromatic N) is 3. The van der Waals surface area contributed by atoms with E-state index in [1.807, 2.05) is 24.8 Å². The zero-order valence-electron chi connectivity index (χ0n) is 27.5. The number of hydrogen-bond donors (Lipinski definition) is 2. The van der Waals surface area contributed by atoms with E-state index < -0.39 is 29.0 Å². The van der Waals surface area contributed by atoms with Gasteiger partial charge in [0.15, 0.2) is 11.6 Å². The van der Waals surface area contributed by atoms with E-state index >= 15 is 0 Å². The van der Waals surface area contributed by atoms with Gasteiger partial charge >= 0.3 is 5.97 Å². The molecule has 5 rings (SSSR count). The van der Waals surface area contributed by atoms with E-state index in [9.17, 15) is 23.1 Å². The fraction of sp³-hybridized carbons (Fsp3) is 0.500. The Morgan fingerprint density at radius 1 is 0.978 bits per heavy atom. The number of aliphatic hydroxyl groups is 1. The predicted molar refractivity (Wildman–Crippen MR) is 172 cm³/mol. The highest BCUT2D eigenvalue weighted by molar-refractivity contribution is 5.86. The number of aryl methyl sites for hydroxylation is 2. The van der Waals surface area contributed by atoms with Crippen molar-refractivity contribution in [1.29, 1.82) is 0 Å². The number of halogens is 3. The molecule has 2 aromatic carbocycles. The molecule has 9 heteroatoms. The number of carboxylic acids is 1. The van der Waals surface area contributed by atoms with Crippen LogP contribution in [0.4, 0.5) is 18.9 Å². The first-order valence-corrected chi connectivity index (χ1v) is 15.6. The number of piperidine rings is 1. The molecule has 0 amide bonds. The number of aromatic nitrogens is 1. The van der Waals surface area contributed by atoms with E-state index in [-0.39, 0.29) is 23.9 Å². The number of carbonyl (C=O) groups is 1. The van der Waals surface area contributed by atoms with Crippen LogP contribution in [0.3, 0.4) is 0 Å². The third-order valence-electron chi connectivity index (χ3n) is 8.47. The Hall–Kier alpha value is -3.43. The van der Waals surface area contributed by atoms with Gasteiger partial charge in [0, 0.05) is 66.9 Å². The topological polar surface area (TPSA) is 76.9 Å². The molecule has 0 radical (unpaired) electrons. The number of hydrogen-bond acceptors (Lipinski definition) is 5. The molecule has 0 aliphatic carbocycles. The molecule has 2 aliphatic rings. The number of anilines is 1. The minimum atomic E-state index is -1.17. The summed E-state index contributed by atoms with van der Waals surface area (Å²) in [7, 11) is 0. The minimum Gasteiger partial charge on any atom is -0.481 e. The van der Waals surface area contributed by atoms with Crippen molar-refractivity contribution >= 4 is 11.7 Å². The molecular weight excluding hydrogens is 579 g/mol. The van der Waals surface area contributed by atoms with Crippen molar-refractivity contribution in [3.05, 3.63) is 81.4 Å². The van der Waals surface area contributed by atoms with E-state index in [4.69, 9.17) is 10.1 Å². The summed E-state index contributed by atoms with van der Waals surface area (Å²) in [5.41, 5.74) is 7.33. The molecule has 1 fully saturated rings. The number of carboxylic acid groups (broad SMARTS) is 1. The SMILES string of the molecule is CC(C)(C)O.Cc1nc(C)c(-c2ccc3c(c2)CCN(Cc2cc(F)cc(F)c2F)C3)c(N2CCC(C)(C)CC2)c1CC(=O)O. The van der Waals surface area contributed by atoms with E-state index in [0.29, 0.717) is 25.6 Å². The molecule has 0 spiro atoms. The molecule has 3 heterocycles. The molecule has 2 aliphatic heterocycles. The van der Waals surface area contributed by atoms with Gasteiger partial charge in [0.1, 0.15) is 5.82 Å². The Bertz CT molecular complexity index is 1550. The first-order chi connectivity index (χ1) is 20.9. The van der Waals surface area contributed by atoms with Crippen LogP contribution in [0.15, 0.2) is 30.3 Å². The Labute approximate surface area is 264 Å². The molecule has 244 valence electrons. The van der Waals surface area contributed by atoms with Crippen LogP contribution >= 0.6 is 0 Å². The minimum absolute atomic E-state index is 0.0132. The maximum atomic E-state index is 14.3. The molecule has 3 aromatic rings. The first-order valence-electron chi connectivity index (χ1n) is 15.6. The maximum Gasteiger partial charge on any atom is 0.307 e. The smallest absolute Gasteiger partial charge is 0.307 e. The number of pyridine rings is 1. The van der Waals surface area contributed by atoms with Crippen molar-refractivity contribution < 1.29 is 28.2 Å². The Balaban J connectivity index is 0.000000854. The lowest BCUT2D eigenvalue weighted by atomic mass is 9.82. The molecule has 0 unspecified atom stereocenters. The van der Waals surface area contributed by atoms with Crippen LogP contribution in [-0.2, 0) is 30.7 Å². The van der Waals surface area contributed by atoms with Crippen LogP contribution in [0.1, 0.15) is 81.1 Å². The Morgan fingerprint density at radius 3 is 2.24 bits per heavy atom. The summed E-state index contributed by atoms with van der Waals surface area (Å²) >= 11 is 0. The van der Waals surface area contributed by atoms with Gasteiger partial charge in [-0.3, -0.25) is 14.7 Å². The number of benzene rings is 2. The molecule has 0 bridgehead atoms. The lowest BCUT2D eigenvalue weighted by Gasteiger charge is -2.40. The molecular formula is C36H46F3N3O3. The van der Waals surface area contributed by atoms with Gasteiger partial charge in [-0.05, 0) is 82.1 Å². The lowest BCUT2D eigenvalue weighted by Crippen LogP contribution is -2.38. The monoisotopic (exact) mass is 625 g/mol. The van der Waals surface area contributed by atoms with Crippen LogP contribution in [0, 0.1) is 36.7 Å². The summed E-state index contributed by atoms with van der Waals surface area (Å²) in [5.74, 6) is -3.84. The summed E-state index contributed by atoms with van der Waals surface area (Å²) in [5, 5.41) is 18.3. The summed E-state index contributed by atoms with van der Waals surface area (Å²) in [6, 6.07) is 7.89. The van der Waals surface area contributed by atoms with Crippen LogP contribution in [0.25, 0.3) is 11.1 Å². The molecule has 0 atom stereocenters. The van der Waals surface area contributed by atoms with Crippen LogP contribution < -0.4 is 4.90 Å². The second-order valence-electron chi connectivity index (χ2n) is 14.2. The van der Waals surface area contributed by atoms with E-state index in [1.54, 1.807) is 20.8 Å². The maximum absolute atomic E-state index is 14.3. The Kier molecular flexibility index (Phi) is 10.3. The molecule has 2 N–H and O–H groups in total. The predicted octanol–water partition coefficient (Wildman–Crippen LogP) is 7.37. The molecule has 1 aromatic heterocycles.